The Labute approximate surface area is 130 Å². The van der Waals surface area contributed by atoms with Crippen molar-refractivity contribution in [2.45, 2.75) is 0 Å². The van der Waals surface area contributed by atoms with Crippen molar-refractivity contribution in [1.29, 1.82) is 0 Å². The molecule has 4 rings (SSSR count). The molecule has 2 heterocycles. The second-order valence-electron chi connectivity index (χ2n) is 6.10. The predicted molar refractivity (Wildman–Crippen MR) is 87.5 cm³/mol. The number of carbonyl (C=O) groups is 1. The Morgan fingerprint density at radius 3 is 2.64 bits per heavy atom. The molecule has 0 saturated carbocycles. The van der Waals surface area contributed by atoms with Crippen molar-refractivity contribution in [3.8, 4) is 0 Å². The molecule has 0 radical (unpaired) electrons. The lowest BCUT2D eigenvalue weighted by molar-refractivity contribution is 0.0307. The van der Waals surface area contributed by atoms with Gasteiger partial charge in [-0.05, 0) is 22.9 Å². The molecular weight excluding hydrogens is 276 g/mol. The van der Waals surface area contributed by atoms with E-state index in [1.807, 2.05) is 18.2 Å². The molecule has 0 spiro atoms. The maximum Gasteiger partial charge on any atom is 0.171 e. The van der Waals surface area contributed by atoms with Crippen LogP contribution < -0.4 is 5.32 Å². The number of ether oxygens (including phenoxy) is 1. The third-order valence-corrected chi connectivity index (χ3v) is 4.64. The van der Waals surface area contributed by atoms with E-state index in [0.717, 1.165) is 56.0 Å². The SMILES string of the molecule is O=C1c2cc3ccccc3cc2NCC1CN1CCOCC1. The average Bonchev–Trinajstić information content (AvgIpc) is 2.57. The molecule has 2 aliphatic rings. The maximum absolute atomic E-state index is 12.8. The van der Waals surface area contributed by atoms with Gasteiger partial charge in [-0.3, -0.25) is 9.69 Å². The highest BCUT2D eigenvalue weighted by Gasteiger charge is 2.29. The molecule has 2 aromatic rings. The van der Waals surface area contributed by atoms with E-state index in [1.165, 1.54) is 5.39 Å². The van der Waals surface area contributed by atoms with Gasteiger partial charge in [0, 0.05) is 37.4 Å². The Morgan fingerprint density at radius 2 is 1.86 bits per heavy atom. The number of nitrogens with one attached hydrogen (secondary N) is 1. The lowest BCUT2D eigenvalue weighted by atomic mass is 9.90. The molecule has 2 aliphatic heterocycles. The Morgan fingerprint density at radius 1 is 1.14 bits per heavy atom. The molecular formula is C18H20N2O2. The molecule has 0 aliphatic carbocycles. The average molecular weight is 296 g/mol. The van der Waals surface area contributed by atoms with Gasteiger partial charge in [0.2, 0.25) is 0 Å². The van der Waals surface area contributed by atoms with Gasteiger partial charge in [0.1, 0.15) is 0 Å². The Kier molecular flexibility index (Phi) is 3.56. The summed E-state index contributed by atoms with van der Waals surface area (Å²) < 4.78 is 5.38. The number of rotatable bonds is 2. The van der Waals surface area contributed by atoms with E-state index in [9.17, 15) is 4.79 Å². The summed E-state index contributed by atoms with van der Waals surface area (Å²) in [5.74, 6) is 0.303. The first-order valence-corrected chi connectivity index (χ1v) is 7.92. The molecule has 114 valence electrons. The van der Waals surface area contributed by atoms with Gasteiger partial charge in [-0.1, -0.05) is 24.3 Å². The third-order valence-electron chi connectivity index (χ3n) is 4.64. The highest BCUT2D eigenvalue weighted by Crippen LogP contribution is 2.30. The van der Waals surface area contributed by atoms with Crippen molar-refractivity contribution in [3.05, 3.63) is 42.0 Å². The second-order valence-corrected chi connectivity index (χ2v) is 6.10. The molecule has 1 unspecified atom stereocenters. The van der Waals surface area contributed by atoms with Crippen LogP contribution in [0.5, 0.6) is 0 Å². The minimum atomic E-state index is 0.0340. The molecule has 1 saturated heterocycles. The molecule has 1 N–H and O–H groups in total. The van der Waals surface area contributed by atoms with Crippen LogP contribution in [0.2, 0.25) is 0 Å². The van der Waals surface area contributed by atoms with E-state index in [2.05, 4.69) is 28.4 Å². The minimum absolute atomic E-state index is 0.0340. The van der Waals surface area contributed by atoms with E-state index in [-0.39, 0.29) is 11.7 Å². The summed E-state index contributed by atoms with van der Waals surface area (Å²) in [4.78, 5) is 15.2. The zero-order chi connectivity index (χ0) is 14.9. The van der Waals surface area contributed by atoms with E-state index in [4.69, 9.17) is 4.74 Å². The summed E-state index contributed by atoms with van der Waals surface area (Å²) in [5, 5.41) is 5.75. The van der Waals surface area contributed by atoms with Crippen LogP contribution in [0.4, 0.5) is 5.69 Å². The molecule has 1 atom stereocenters. The molecule has 4 heteroatoms. The zero-order valence-corrected chi connectivity index (χ0v) is 12.5. The molecule has 0 amide bonds. The Balaban J connectivity index is 1.60. The molecule has 2 aromatic carbocycles. The second kappa shape index (κ2) is 5.71. The van der Waals surface area contributed by atoms with Crippen molar-refractivity contribution in [2.24, 2.45) is 5.92 Å². The van der Waals surface area contributed by atoms with Crippen molar-refractivity contribution < 1.29 is 9.53 Å². The fourth-order valence-corrected chi connectivity index (χ4v) is 3.38. The summed E-state index contributed by atoms with van der Waals surface area (Å²) in [6.07, 6.45) is 0. The van der Waals surface area contributed by atoms with Crippen LogP contribution in [0, 0.1) is 5.92 Å². The van der Waals surface area contributed by atoms with Crippen LogP contribution in [0.25, 0.3) is 10.8 Å². The first-order valence-electron chi connectivity index (χ1n) is 7.92. The number of Topliss-reactive ketones (excluding diaryl/α,β-unsaturated/α-hetero) is 1. The van der Waals surface area contributed by atoms with Gasteiger partial charge in [-0.2, -0.15) is 0 Å². The Bertz CT molecular complexity index is 707. The summed E-state index contributed by atoms with van der Waals surface area (Å²) in [7, 11) is 0. The van der Waals surface area contributed by atoms with Crippen molar-refractivity contribution >= 4 is 22.2 Å². The first-order chi connectivity index (χ1) is 10.8. The quantitative estimate of drug-likeness (QED) is 0.924. The third kappa shape index (κ3) is 2.49. The predicted octanol–water partition coefficient (Wildman–Crippen LogP) is 2.40. The zero-order valence-electron chi connectivity index (χ0n) is 12.5. The van der Waals surface area contributed by atoms with Gasteiger partial charge >= 0.3 is 0 Å². The number of ketones is 1. The van der Waals surface area contributed by atoms with Gasteiger partial charge in [0.05, 0.1) is 19.1 Å². The van der Waals surface area contributed by atoms with Crippen LogP contribution in [-0.4, -0.2) is 50.1 Å². The number of nitrogens with zero attached hydrogens (tertiary/aromatic N) is 1. The van der Waals surface area contributed by atoms with Crippen molar-refractivity contribution in [3.63, 3.8) is 0 Å². The number of anilines is 1. The molecule has 4 nitrogen and oxygen atoms in total. The van der Waals surface area contributed by atoms with Crippen LogP contribution in [0.1, 0.15) is 10.4 Å². The summed E-state index contributed by atoms with van der Waals surface area (Å²) in [6, 6.07) is 12.3. The van der Waals surface area contributed by atoms with E-state index in [1.54, 1.807) is 0 Å². The number of benzene rings is 2. The normalized spacial score (nSPS) is 22.4. The van der Waals surface area contributed by atoms with E-state index in [0.29, 0.717) is 0 Å². The minimum Gasteiger partial charge on any atom is -0.384 e. The summed E-state index contributed by atoms with van der Waals surface area (Å²) >= 11 is 0. The highest BCUT2D eigenvalue weighted by atomic mass is 16.5. The monoisotopic (exact) mass is 296 g/mol. The topological polar surface area (TPSA) is 41.6 Å². The van der Waals surface area contributed by atoms with Gasteiger partial charge in [-0.15, -0.1) is 0 Å². The van der Waals surface area contributed by atoms with Crippen molar-refractivity contribution in [1.82, 2.24) is 4.90 Å². The number of fused-ring (bicyclic) bond motifs is 2. The van der Waals surface area contributed by atoms with Crippen LogP contribution in [0.3, 0.4) is 0 Å². The van der Waals surface area contributed by atoms with Gasteiger partial charge in [0.25, 0.3) is 0 Å². The maximum atomic E-state index is 12.8. The first kappa shape index (κ1) is 13.7. The number of hydrogen-bond donors (Lipinski definition) is 1. The largest absolute Gasteiger partial charge is 0.384 e. The molecule has 0 aromatic heterocycles. The smallest absolute Gasteiger partial charge is 0.171 e. The Hall–Kier alpha value is -1.91. The lowest BCUT2D eigenvalue weighted by Crippen LogP contribution is -2.44. The molecule has 0 bridgehead atoms. The van der Waals surface area contributed by atoms with E-state index >= 15 is 0 Å². The molecule has 1 fully saturated rings. The lowest BCUT2D eigenvalue weighted by Gasteiger charge is -2.32. The highest BCUT2D eigenvalue weighted by molar-refractivity contribution is 6.08. The fraction of sp³-hybridized carbons (Fsp3) is 0.389. The van der Waals surface area contributed by atoms with Crippen LogP contribution in [0.15, 0.2) is 36.4 Å². The van der Waals surface area contributed by atoms with Crippen molar-refractivity contribution in [2.75, 3.05) is 44.7 Å². The van der Waals surface area contributed by atoms with Gasteiger partial charge in [-0.25, -0.2) is 0 Å². The molecule has 22 heavy (non-hydrogen) atoms. The number of carbonyl (C=O) groups excluding carboxylic acids is 1. The summed E-state index contributed by atoms with van der Waals surface area (Å²) in [5.41, 5.74) is 1.81. The summed E-state index contributed by atoms with van der Waals surface area (Å²) in [6.45, 7) is 4.94. The van der Waals surface area contributed by atoms with E-state index < -0.39 is 0 Å². The van der Waals surface area contributed by atoms with Crippen LogP contribution >= 0.6 is 0 Å². The number of hydrogen-bond acceptors (Lipinski definition) is 4. The fourth-order valence-electron chi connectivity index (χ4n) is 3.38. The van der Waals surface area contributed by atoms with Gasteiger partial charge < -0.3 is 10.1 Å². The van der Waals surface area contributed by atoms with Crippen LogP contribution in [-0.2, 0) is 4.74 Å². The van der Waals surface area contributed by atoms with Gasteiger partial charge in [0.15, 0.2) is 5.78 Å². The number of morpholine rings is 1. The standard InChI is InChI=1S/C18H20N2O2/c21-18-15(12-20-5-7-22-8-6-20)11-19-17-10-14-4-2-1-3-13(14)9-16(17)18/h1-4,9-10,15,19H,5-8,11-12H2.